The number of nitrogens with one attached hydrogen (secondary N) is 2. The van der Waals surface area contributed by atoms with Gasteiger partial charge in [0, 0.05) is 21.2 Å². The SMILES string of the molecule is CCOC(=O)CC(=O)CSc1cccc(NC(=O)/C(=C\c2ccc(Cl)cc2)NC(=O)c2ccccc2)c1. The largest absolute Gasteiger partial charge is 0.466 e. The molecule has 0 saturated carbocycles. The molecule has 0 aliphatic rings. The van der Waals surface area contributed by atoms with Gasteiger partial charge in [-0.2, -0.15) is 0 Å². The number of benzene rings is 3. The molecule has 7 nitrogen and oxygen atoms in total. The van der Waals surface area contributed by atoms with Gasteiger partial charge in [0.25, 0.3) is 11.8 Å². The first-order valence-corrected chi connectivity index (χ1v) is 12.8. The summed E-state index contributed by atoms with van der Waals surface area (Å²) in [6.45, 7) is 1.90. The van der Waals surface area contributed by atoms with Crippen LogP contribution in [0.2, 0.25) is 5.02 Å². The predicted molar refractivity (Wildman–Crippen MR) is 145 cm³/mol. The number of carbonyl (C=O) groups is 4. The number of ketones is 1. The number of Topliss-reactive ketones (excluding diaryl/α,β-unsaturated/α-hetero) is 1. The van der Waals surface area contributed by atoms with Crippen molar-refractivity contribution in [1.29, 1.82) is 0 Å². The van der Waals surface area contributed by atoms with Crippen LogP contribution in [0.4, 0.5) is 5.69 Å². The van der Waals surface area contributed by atoms with Crippen molar-refractivity contribution in [3.8, 4) is 0 Å². The molecular weight excluding hydrogens is 512 g/mol. The van der Waals surface area contributed by atoms with Gasteiger partial charge in [0.2, 0.25) is 0 Å². The highest BCUT2D eigenvalue weighted by molar-refractivity contribution is 8.00. The number of hydrogen-bond acceptors (Lipinski definition) is 6. The van der Waals surface area contributed by atoms with Gasteiger partial charge in [0.15, 0.2) is 5.78 Å². The van der Waals surface area contributed by atoms with Crippen LogP contribution in [0.5, 0.6) is 0 Å². The first-order valence-electron chi connectivity index (χ1n) is 11.4. The summed E-state index contributed by atoms with van der Waals surface area (Å²) in [7, 11) is 0. The van der Waals surface area contributed by atoms with E-state index in [1.807, 2.05) is 0 Å². The van der Waals surface area contributed by atoms with Crippen molar-refractivity contribution < 1.29 is 23.9 Å². The number of halogens is 1. The molecule has 0 aliphatic heterocycles. The molecule has 3 aromatic rings. The van der Waals surface area contributed by atoms with Crippen molar-refractivity contribution in [2.75, 3.05) is 17.7 Å². The van der Waals surface area contributed by atoms with Crippen molar-refractivity contribution in [2.45, 2.75) is 18.2 Å². The van der Waals surface area contributed by atoms with Gasteiger partial charge in [-0.25, -0.2) is 0 Å². The van der Waals surface area contributed by atoms with E-state index in [0.29, 0.717) is 21.8 Å². The van der Waals surface area contributed by atoms with Gasteiger partial charge in [0.1, 0.15) is 12.1 Å². The lowest BCUT2D eigenvalue weighted by molar-refractivity contribution is -0.145. The summed E-state index contributed by atoms with van der Waals surface area (Å²) < 4.78 is 4.80. The van der Waals surface area contributed by atoms with E-state index in [9.17, 15) is 19.2 Å². The topological polar surface area (TPSA) is 102 Å². The molecule has 190 valence electrons. The maximum absolute atomic E-state index is 13.2. The van der Waals surface area contributed by atoms with E-state index < -0.39 is 17.8 Å². The summed E-state index contributed by atoms with van der Waals surface area (Å²) in [6, 6.07) is 22.3. The molecular formula is C28H25ClN2O5S. The number of carbonyl (C=O) groups excluding carboxylic acids is 4. The number of ether oxygens (including phenoxy) is 1. The van der Waals surface area contributed by atoms with Crippen LogP contribution in [-0.4, -0.2) is 35.9 Å². The summed E-state index contributed by atoms with van der Waals surface area (Å²) in [4.78, 5) is 50.2. The van der Waals surface area contributed by atoms with Crippen LogP contribution in [0.1, 0.15) is 29.3 Å². The van der Waals surface area contributed by atoms with E-state index in [0.717, 1.165) is 4.90 Å². The highest BCUT2D eigenvalue weighted by Crippen LogP contribution is 2.23. The lowest BCUT2D eigenvalue weighted by Crippen LogP contribution is -2.30. The minimum Gasteiger partial charge on any atom is -0.466 e. The van der Waals surface area contributed by atoms with E-state index in [4.69, 9.17) is 16.3 Å². The second kappa shape index (κ2) is 14.0. The molecule has 0 radical (unpaired) electrons. The molecule has 0 fully saturated rings. The van der Waals surface area contributed by atoms with Crippen LogP contribution in [0.15, 0.2) is 89.5 Å². The van der Waals surface area contributed by atoms with E-state index >= 15 is 0 Å². The average Bonchev–Trinajstić information content (AvgIpc) is 2.89. The third-order valence-electron chi connectivity index (χ3n) is 4.85. The molecule has 0 heterocycles. The summed E-state index contributed by atoms with van der Waals surface area (Å²) in [5, 5.41) is 6.02. The van der Waals surface area contributed by atoms with Crippen LogP contribution in [0.3, 0.4) is 0 Å². The molecule has 37 heavy (non-hydrogen) atoms. The Labute approximate surface area is 224 Å². The summed E-state index contributed by atoms with van der Waals surface area (Å²) in [5.74, 6) is -1.67. The fourth-order valence-electron chi connectivity index (χ4n) is 3.12. The van der Waals surface area contributed by atoms with Gasteiger partial charge < -0.3 is 15.4 Å². The first kappa shape index (κ1) is 27.7. The molecule has 0 spiro atoms. The first-order chi connectivity index (χ1) is 17.8. The Morgan fingerprint density at radius 3 is 2.38 bits per heavy atom. The zero-order chi connectivity index (χ0) is 26.6. The van der Waals surface area contributed by atoms with Crippen LogP contribution in [0, 0.1) is 0 Å². The van der Waals surface area contributed by atoms with Crippen molar-refractivity contribution in [1.82, 2.24) is 5.32 Å². The van der Waals surface area contributed by atoms with Crippen molar-refractivity contribution >= 4 is 58.7 Å². The van der Waals surface area contributed by atoms with Crippen molar-refractivity contribution in [3.63, 3.8) is 0 Å². The van der Waals surface area contributed by atoms with Crippen LogP contribution in [0.25, 0.3) is 6.08 Å². The van der Waals surface area contributed by atoms with E-state index in [1.54, 1.807) is 91.9 Å². The van der Waals surface area contributed by atoms with Crippen LogP contribution in [-0.2, 0) is 19.1 Å². The van der Waals surface area contributed by atoms with E-state index in [-0.39, 0.29) is 30.3 Å². The number of thioether (sulfide) groups is 1. The fourth-order valence-corrected chi connectivity index (χ4v) is 4.06. The van der Waals surface area contributed by atoms with Gasteiger partial charge in [-0.3, -0.25) is 19.2 Å². The maximum Gasteiger partial charge on any atom is 0.313 e. The van der Waals surface area contributed by atoms with Crippen molar-refractivity contribution in [2.24, 2.45) is 0 Å². The Hall–Kier alpha value is -3.88. The smallest absolute Gasteiger partial charge is 0.313 e. The normalized spacial score (nSPS) is 10.9. The zero-order valence-electron chi connectivity index (χ0n) is 20.0. The maximum atomic E-state index is 13.2. The van der Waals surface area contributed by atoms with Crippen LogP contribution >= 0.6 is 23.4 Å². The molecule has 0 saturated heterocycles. The molecule has 0 unspecified atom stereocenters. The minimum atomic E-state index is -0.549. The Bertz CT molecular complexity index is 1290. The molecule has 2 N–H and O–H groups in total. The van der Waals surface area contributed by atoms with Gasteiger partial charge >= 0.3 is 5.97 Å². The lowest BCUT2D eigenvalue weighted by atomic mass is 10.1. The minimum absolute atomic E-state index is 0.0406. The fraction of sp³-hybridized carbons (Fsp3) is 0.143. The number of amides is 2. The average molecular weight is 537 g/mol. The highest BCUT2D eigenvalue weighted by atomic mass is 35.5. The van der Waals surface area contributed by atoms with E-state index in [1.165, 1.54) is 11.8 Å². The zero-order valence-corrected chi connectivity index (χ0v) is 21.6. The lowest BCUT2D eigenvalue weighted by Gasteiger charge is -2.12. The Kier molecular flexibility index (Phi) is 10.5. The molecule has 0 bridgehead atoms. The predicted octanol–water partition coefficient (Wildman–Crippen LogP) is 5.36. The van der Waals surface area contributed by atoms with E-state index in [2.05, 4.69) is 10.6 Å². The monoisotopic (exact) mass is 536 g/mol. The molecule has 0 aliphatic carbocycles. The Morgan fingerprint density at radius 2 is 1.68 bits per heavy atom. The number of anilines is 1. The molecule has 3 aromatic carbocycles. The molecule has 2 amide bonds. The van der Waals surface area contributed by atoms with Gasteiger partial charge in [0.05, 0.1) is 12.4 Å². The van der Waals surface area contributed by atoms with Crippen molar-refractivity contribution in [3.05, 3.63) is 101 Å². The quantitative estimate of drug-likeness (QED) is 0.148. The number of esters is 1. The second-order valence-electron chi connectivity index (χ2n) is 7.72. The number of rotatable bonds is 11. The molecule has 0 aromatic heterocycles. The number of hydrogen-bond donors (Lipinski definition) is 2. The summed E-state index contributed by atoms with van der Waals surface area (Å²) in [5.41, 5.74) is 1.60. The molecule has 0 atom stereocenters. The molecule has 9 heteroatoms. The van der Waals surface area contributed by atoms with Gasteiger partial charge in [-0.05, 0) is 61.0 Å². The van der Waals surface area contributed by atoms with Gasteiger partial charge in [-0.1, -0.05) is 48.0 Å². The second-order valence-corrected chi connectivity index (χ2v) is 9.21. The van der Waals surface area contributed by atoms with Crippen LogP contribution < -0.4 is 10.6 Å². The van der Waals surface area contributed by atoms with Gasteiger partial charge in [-0.15, -0.1) is 11.8 Å². The third-order valence-corrected chi connectivity index (χ3v) is 6.15. The summed E-state index contributed by atoms with van der Waals surface area (Å²) >= 11 is 7.21. The standard InChI is InChI=1S/C28H25ClN2O5S/c1-2-36-26(33)17-23(32)18-37-24-10-6-9-22(16-24)30-28(35)25(15-19-11-13-21(29)14-12-19)31-27(34)20-7-4-3-5-8-20/h3-16H,2,17-18H2,1H3,(H,30,35)(H,31,34)/b25-15+. The highest BCUT2D eigenvalue weighted by Gasteiger charge is 2.16. The molecule has 3 rings (SSSR count). The third kappa shape index (κ3) is 9.25. The Balaban J connectivity index is 1.72. The Morgan fingerprint density at radius 1 is 0.946 bits per heavy atom. The summed E-state index contributed by atoms with van der Waals surface area (Å²) in [6.07, 6.45) is 1.27.